The first kappa shape index (κ1) is 18.7. The molecule has 2 N–H and O–H groups in total. The number of aromatic nitrogens is 1. The van der Waals surface area contributed by atoms with Crippen LogP contribution in [0.5, 0.6) is 11.5 Å². The van der Waals surface area contributed by atoms with E-state index in [2.05, 4.69) is 15.6 Å². The molecule has 6 nitrogen and oxygen atoms in total. The standard InChI is InChI=1S/C20H21N3O3S/c1-13(21-16-10-9-15(25-2)11-18(16)26-3)19(24)23-20-22-17(12-27-20)14-7-5-4-6-8-14/h4-13,21H,1-3H3,(H,22,23,24)/t13-/m1/s1. The average Bonchev–Trinajstić information content (AvgIpc) is 3.17. The molecule has 0 radical (unpaired) electrons. The molecule has 0 aliphatic heterocycles. The van der Waals surface area contributed by atoms with Crippen LogP contribution >= 0.6 is 11.3 Å². The van der Waals surface area contributed by atoms with Crippen molar-refractivity contribution in [3.05, 3.63) is 53.9 Å². The van der Waals surface area contributed by atoms with Gasteiger partial charge in [0.25, 0.3) is 0 Å². The summed E-state index contributed by atoms with van der Waals surface area (Å²) in [6.07, 6.45) is 0. The fourth-order valence-electron chi connectivity index (χ4n) is 2.50. The number of hydrogen-bond donors (Lipinski definition) is 2. The summed E-state index contributed by atoms with van der Waals surface area (Å²) >= 11 is 1.40. The Kier molecular flexibility index (Phi) is 5.93. The minimum Gasteiger partial charge on any atom is -0.497 e. The molecular formula is C20H21N3O3S. The minimum atomic E-state index is -0.476. The van der Waals surface area contributed by atoms with Gasteiger partial charge in [0.05, 0.1) is 25.6 Å². The third-order valence-electron chi connectivity index (χ3n) is 3.98. The quantitative estimate of drug-likeness (QED) is 0.638. The third kappa shape index (κ3) is 4.57. The molecule has 0 aliphatic rings. The molecule has 0 unspecified atom stereocenters. The third-order valence-corrected chi connectivity index (χ3v) is 4.74. The van der Waals surface area contributed by atoms with Gasteiger partial charge in [0.2, 0.25) is 5.91 Å². The number of rotatable bonds is 7. The Labute approximate surface area is 162 Å². The molecule has 27 heavy (non-hydrogen) atoms. The van der Waals surface area contributed by atoms with Crippen molar-refractivity contribution in [1.82, 2.24) is 4.98 Å². The van der Waals surface area contributed by atoms with Crippen molar-refractivity contribution in [3.63, 3.8) is 0 Å². The molecule has 0 fully saturated rings. The molecule has 2 aromatic carbocycles. The number of nitrogens with zero attached hydrogens (tertiary/aromatic N) is 1. The van der Waals surface area contributed by atoms with Crippen LogP contribution < -0.4 is 20.1 Å². The van der Waals surface area contributed by atoms with E-state index >= 15 is 0 Å². The monoisotopic (exact) mass is 383 g/mol. The summed E-state index contributed by atoms with van der Waals surface area (Å²) in [6.45, 7) is 1.78. The molecule has 0 aliphatic carbocycles. The molecule has 1 heterocycles. The molecule has 1 amide bonds. The molecule has 0 saturated carbocycles. The van der Waals surface area contributed by atoms with Crippen molar-refractivity contribution in [3.8, 4) is 22.8 Å². The van der Waals surface area contributed by atoms with Gasteiger partial charge in [-0.25, -0.2) is 4.98 Å². The molecule has 1 atom stereocenters. The maximum absolute atomic E-state index is 12.5. The van der Waals surface area contributed by atoms with Crippen LogP contribution in [0, 0.1) is 0 Å². The van der Waals surface area contributed by atoms with Gasteiger partial charge in [0, 0.05) is 17.0 Å². The fourth-order valence-corrected chi connectivity index (χ4v) is 3.23. The van der Waals surface area contributed by atoms with Crippen molar-refractivity contribution in [2.45, 2.75) is 13.0 Å². The fraction of sp³-hybridized carbons (Fsp3) is 0.200. The maximum Gasteiger partial charge on any atom is 0.248 e. The second-order valence-electron chi connectivity index (χ2n) is 5.83. The van der Waals surface area contributed by atoms with Crippen molar-refractivity contribution in [1.29, 1.82) is 0 Å². The van der Waals surface area contributed by atoms with Crippen molar-refractivity contribution in [2.24, 2.45) is 0 Å². The van der Waals surface area contributed by atoms with E-state index in [1.54, 1.807) is 27.2 Å². The number of carbonyl (C=O) groups is 1. The number of thiazole rings is 1. The summed E-state index contributed by atoms with van der Waals surface area (Å²) in [4.78, 5) is 17.0. The molecule has 7 heteroatoms. The minimum absolute atomic E-state index is 0.179. The van der Waals surface area contributed by atoms with Crippen LogP contribution in [0.25, 0.3) is 11.3 Å². The van der Waals surface area contributed by atoms with Crippen molar-refractivity contribution >= 4 is 28.1 Å². The highest BCUT2D eigenvalue weighted by atomic mass is 32.1. The molecule has 0 spiro atoms. The highest BCUT2D eigenvalue weighted by molar-refractivity contribution is 7.14. The topological polar surface area (TPSA) is 72.5 Å². The Bertz CT molecular complexity index is 912. The van der Waals surface area contributed by atoms with Crippen LogP contribution in [-0.4, -0.2) is 31.2 Å². The van der Waals surface area contributed by atoms with Gasteiger partial charge >= 0.3 is 0 Å². The first-order valence-electron chi connectivity index (χ1n) is 8.41. The van der Waals surface area contributed by atoms with E-state index in [0.29, 0.717) is 22.3 Å². The lowest BCUT2D eigenvalue weighted by Gasteiger charge is -2.17. The number of methoxy groups -OCH3 is 2. The molecule has 0 bridgehead atoms. The van der Waals surface area contributed by atoms with Crippen LogP contribution in [0.4, 0.5) is 10.8 Å². The average molecular weight is 383 g/mol. The van der Waals surface area contributed by atoms with Gasteiger partial charge in [-0.05, 0) is 19.1 Å². The Morgan fingerprint density at radius 1 is 1.11 bits per heavy atom. The summed E-state index contributed by atoms with van der Waals surface area (Å²) in [6, 6.07) is 14.8. The van der Waals surface area contributed by atoms with E-state index in [4.69, 9.17) is 9.47 Å². The van der Waals surface area contributed by atoms with E-state index in [9.17, 15) is 4.79 Å². The molecule has 140 valence electrons. The summed E-state index contributed by atoms with van der Waals surface area (Å²) in [5.74, 6) is 1.11. The Hall–Kier alpha value is -3.06. The van der Waals surface area contributed by atoms with Gasteiger partial charge in [-0.3, -0.25) is 4.79 Å². The zero-order chi connectivity index (χ0) is 19.2. The number of anilines is 2. The number of amides is 1. The second kappa shape index (κ2) is 8.55. The smallest absolute Gasteiger partial charge is 0.248 e. The zero-order valence-electron chi connectivity index (χ0n) is 15.4. The highest BCUT2D eigenvalue weighted by Gasteiger charge is 2.17. The van der Waals surface area contributed by atoms with Crippen LogP contribution in [0.3, 0.4) is 0 Å². The van der Waals surface area contributed by atoms with Gasteiger partial charge in [-0.15, -0.1) is 11.3 Å². The zero-order valence-corrected chi connectivity index (χ0v) is 16.2. The molecule has 3 rings (SSSR count). The highest BCUT2D eigenvalue weighted by Crippen LogP contribution is 2.30. The molecule has 1 aromatic heterocycles. The SMILES string of the molecule is COc1ccc(N[C@H](C)C(=O)Nc2nc(-c3ccccc3)cs2)c(OC)c1. The summed E-state index contributed by atoms with van der Waals surface area (Å²) < 4.78 is 10.5. The summed E-state index contributed by atoms with van der Waals surface area (Å²) in [5, 5.41) is 8.50. The Balaban J connectivity index is 1.65. The molecule has 0 saturated heterocycles. The second-order valence-corrected chi connectivity index (χ2v) is 6.68. The van der Waals surface area contributed by atoms with Crippen molar-refractivity contribution in [2.75, 3.05) is 24.9 Å². The van der Waals surface area contributed by atoms with Gasteiger partial charge in [-0.1, -0.05) is 30.3 Å². The van der Waals surface area contributed by atoms with Crippen LogP contribution in [0.1, 0.15) is 6.92 Å². The number of benzene rings is 2. The summed E-state index contributed by atoms with van der Waals surface area (Å²) in [7, 11) is 3.17. The number of nitrogens with one attached hydrogen (secondary N) is 2. The van der Waals surface area contributed by atoms with E-state index in [-0.39, 0.29) is 5.91 Å². The van der Waals surface area contributed by atoms with Crippen LogP contribution in [0.15, 0.2) is 53.9 Å². The van der Waals surface area contributed by atoms with Crippen LogP contribution in [0.2, 0.25) is 0 Å². The normalized spacial score (nSPS) is 11.5. The lowest BCUT2D eigenvalue weighted by molar-refractivity contribution is -0.116. The first-order chi connectivity index (χ1) is 13.1. The lowest BCUT2D eigenvalue weighted by Crippen LogP contribution is -2.32. The van der Waals surface area contributed by atoms with Crippen molar-refractivity contribution < 1.29 is 14.3 Å². The lowest BCUT2D eigenvalue weighted by atomic mass is 10.2. The van der Waals surface area contributed by atoms with E-state index < -0.39 is 6.04 Å². The van der Waals surface area contributed by atoms with Gasteiger partial charge in [-0.2, -0.15) is 0 Å². The summed E-state index contributed by atoms with van der Waals surface area (Å²) in [5.41, 5.74) is 2.57. The largest absolute Gasteiger partial charge is 0.497 e. The Morgan fingerprint density at radius 2 is 1.89 bits per heavy atom. The predicted molar refractivity (Wildman–Crippen MR) is 109 cm³/mol. The van der Waals surface area contributed by atoms with E-state index in [1.807, 2.05) is 47.8 Å². The number of carbonyl (C=O) groups excluding carboxylic acids is 1. The Morgan fingerprint density at radius 3 is 2.59 bits per heavy atom. The van der Waals surface area contributed by atoms with Gasteiger partial charge in [0.15, 0.2) is 5.13 Å². The molecular weight excluding hydrogens is 362 g/mol. The first-order valence-corrected chi connectivity index (χ1v) is 9.29. The van der Waals surface area contributed by atoms with Gasteiger partial charge < -0.3 is 20.1 Å². The number of ether oxygens (including phenoxy) is 2. The van der Waals surface area contributed by atoms with Gasteiger partial charge in [0.1, 0.15) is 17.5 Å². The number of hydrogen-bond acceptors (Lipinski definition) is 6. The molecule has 3 aromatic rings. The van der Waals surface area contributed by atoms with E-state index in [0.717, 1.165) is 11.3 Å². The predicted octanol–water partition coefficient (Wildman–Crippen LogP) is 4.27. The van der Waals surface area contributed by atoms with E-state index in [1.165, 1.54) is 11.3 Å². The maximum atomic E-state index is 12.5. The van der Waals surface area contributed by atoms with Crippen LogP contribution in [-0.2, 0) is 4.79 Å².